The molecule has 2 N–H and O–H groups in total. The van der Waals surface area contributed by atoms with E-state index in [1.807, 2.05) is 0 Å². The molecule has 0 aliphatic heterocycles. The van der Waals surface area contributed by atoms with Gasteiger partial charge in [-0.05, 0) is 117 Å². The van der Waals surface area contributed by atoms with Crippen molar-refractivity contribution in [1.82, 2.24) is 20.4 Å². The van der Waals surface area contributed by atoms with Crippen molar-refractivity contribution in [3.8, 4) is 0 Å². The molecule has 0 heterocycles. The molecule has 0 aromatic heterocycles. The van der Waals surface area contributed by atoms with Crippen LogP contribution in [0.15, 0.2) is 0 Å². The second-order valence-corrected chi connectivity index (χ2v) is 26.0. The van der Waals surface area contributed by atoms with Crippen LogP contribution in [0.4, 0.5) is 0 Å². The minimum Gasteiger partial charge on any atom is -0.317 e. The van der Waals surface area contributed by atoms with Crippen molar-refractivity contribution in [2.75, 3.05) is 65.4 Å². The summed E-state index contributed by atoms with van der Waals surface area (Å²) in [4.78, 5) is 5.71. The average Bonchev–Trinajstić information content (AvgIpc) is 3.45. The first-order valence-corrected chi connectivity index (χ1v) is 37.6. The molecule has 0 aliphatic carbocycles. The number of nitrogens with zero attached hydrogens (tertiary/aromatic N) is 2. The molecule has 0 aromatic rings. The van der Waals surface area contributed by atoms with Crippen LogP contribution in [0.1, 0.15) is 413 Å². The Bertz CT molecular complexity index is 861. The van der Waals surface area contributed by atoms with E-state index in [0.29, 0.717) is 0 Å². The number of hydrogen-bond donors (Lipinski definition) is 2. The molecule has 0 amide bonds. The molecule has 4 heteroatoms. The first-order valence-electron chi connectivity index (χ1n) is 37.6. The molecule has 0 saturated heterocycles. The maximum atomic E-state index is 3.84. The van der Waals surface area contributed by atoms with Crippen molar-refractivity contribution in [3.63, 3.8) is 0 Å². The Labute approximate surface area is 496 Å². The Morgan fingerprint density at radius 1 is 0.141 bits per heavy atom. The molecule has 0 bridgehead atoms. The summed E-state index contributed by atoms with van der Waals surface area (Å²) in [5, 5.41) is 7.68. The molecule has 0 aliphatic rings. The molecule has 78 heavy (non-hydrogen) atoms. The van der Waals surface area contributed by atoms with E-state index in [9.17, 15) is 0 Å². The van der Waals surface area contributed by atoms with E-state index >= 15 is 0 Å². The molecule has 0 radical (unpaired) electrons. The first-order chi connectivity index (χ1) is 38.8. The lowest BCUT2D eigenvalue weighted by atomic mass is 10.0. The third kappa shape index (κ3) is 68.3. The van der Waals surface area contributed by atoms with Crippen LogP contribution in [-0.4, -0.2) is 75.2 Å². The van der Waals surface area contributed by atoms with Crippen molar-refractivity contribution in [2.24, 2.45) is 0 Å². The quantitative estimate of drug-likeness (QED) is 0.0594. The summed E-state index contributed by atoms with van der Waals surface area (Å²) in [6.45, 7) is 22.0. The van der Waals surface area contributed by atoms with E-state index in [0.717, 1.165) is 0 Å². The highest BCUT2D eigenvalue weighted by molar-refractivity contribution is 4.65. The zero-order valence-electron chi connectivity index (χ0n) is 55.4. The zero-order valence-corrected chi connectivity index (χ0v) is 55.4. The summed E-state index contributed by atoms with van der Waals surface area (Å²) in [6.07, 6.45) is 86.6. The Morgan fingerprint density at radius 2 is 0.269 bits per heavy atom. The van der Waals surface area contributed by atoms with Crippen molar-refractivity contribution >= 4 is 0 Å². The molecule has 470 valence electrons. The van der Waals surface area contributed by atoms with Gasteiger partial charge in [-0.3, -0.25) is 0 Å². The third-order valence-electron chi connectivity index (χ3n) is 17.9. The van der Waals surface area contributed by atoms with Crippen molar-refractivity contribution in [2.45, 2.75) is 413 Å². The predicted molar refractivity (Wildman–Crippen MR) is 358 cm³/mol. The molecule has 0 saturated carbocycles. The normalized spacial score (nSPS) is 11.9. The summed E-state index contributed by atoms with van der Waals surface area (Å²) < 4.78 is 0. The van der Waals surface area contributed by atoms with Crippen molar-refractivity contribution in [1.29, 1.82) is 0 Å². The van der Waals surface area contributed by atoms with Gasteiger partial charge >= 0.3 is 0 Å². The minimum atomic E-state index is 1.19. The molecule has 0 fully saturated rings. The third-order valence-corrected chi connectivity index (χ3v) is 17.9. The number of hydrogen-bond acceptors (Lipinski definition) is 4. The van der Waals surface area contributed by atoms with Crippen molar-refractivity contribution in [3.05, 3.63) is 0 Å². The lowest BCUT2D eigenvalue weighted by Crippen LogP contribution is -2.30. The Kier molecular flexibility index (Phi) is 72.8. The van der Waals surface area contributed by atoms with Gasteiger partial charge in [0.05, 0.1) is 0 Å². The van der Waals surface area contributed by atoms with E-state index in [1.165, 1.54) is 451 Å². The fourth-order valence-electron chi connectivity index (χ4n) is 12.4. The molecule has 0 rings (SSSR count). The molecular weight excluding hydrogens is 945 g/mol. The Morgan fingerprint density at radius 3 is 0.436 bits per heavy atom. The molecule has 0 unspecified atom stereocenters. The monoisotopic (exact) mass is 1100 g/mol. The van der Waals surface area contributed by atoms with Gasteiger partial charge in [0, 0.05) is 0 Å². The Hall–Kier alpha value is -0.160. The number of unbranched alkanes of at least 4 members (excludes halogenated alkanes) is 53. The second-order valence-electron chi connectivity index (χ2n) is 26.0. The van der Waals surface area contributed by atoms with Gasteiger partial charge in [-0.15, -0.1) is 0 Å². The van der Waals surface area contributed by atoms with Gasteiger partial charge in [0.25, 0.3) is 0 Å². The van der Waals surface area contributed by atoms with Crippen LogP contribution in [0.25, 0.3) is 0 Å². The van der Waals surface area contributed by atoms with Crippen LogP contribution < -0.4 is 10.6 Å². The molecule has 0 spiro atoms. The maximum Gasteiger partial charge on any atom is -0.000664 e. The number of rotatable bonds is 73. The van der Waals surface area contributed by atoms with Crippen LogP contribution in [0.2, 0.25) is 0 Å². The molecular formula is C74H154N4. The largest absolute Gasteiger partial charge is 0.317 e. The van der Waals surface area contributed by atoms with Gasteiger partial charge < -0.3 is 20.4 Å². The van der Waals surface area contributed by atoms with Gasteiger partial charge in [0.15, 0.2) is 0 Å². The van der Waals surface area contributed by atoms with Gasteiger partial charge in [-0.25, -0.2) is 0 Å². The molecule has 0 atom stereocenters. The maximum absolute atomic E-state index is 3.84. The molecule has 4 nitrogen and oxygen atoms in total. The summed E-state index contributed by atoms with van der Waals surface area (Å²) in [5.74, 6) is 0. The van der Waals surface area contributed by atoms with E-state index in [2.05, 4.69) is 48.1 Å². The highest BCUT2D eigenvalue weighted by atomic mass is 15.1. The molecule has 0 aromatic carbocycles. The van der Waals surface area contributed by atoms with E-state index in [1.54, 1.807) is 0 Å². The van der Waals surface area contributed by atoms with Crippen LogP contribution in [0.3, 0.4) is 0 Å². The van der Waals surface area contributed by atoms with Crippen LogP contribution in [0, 0.1) is 0 Å². The average molecular weight is 1100 g/mol. The fourth-order valence-corrected chi connectivity index (χ4v) is 12.4. The van der Waals surface area contributed by atoms with Gasteiger partial charge in [-0.1, -0.05) is 362 Å². The van der Waals surface area contributed by atoms with E-state index < -0.39 is 0 Å². The Balaban J connectivity index is 4.39. The van der Waals surface area contributed by atoms with Crippen LogP contribution in [-0.2, 0) is 0 Å². The van der Waals surface area contributed by atoms with Crippen molar-refractivity contribution < 1.29 is 0 Å². The predicted octanol–water partition coefficient (Wildman–Crippen LogP) is 24.3. The summed E-state index contributed by atoms with van der Waals surface area (Å²) in [5.41, 5.74) is 0. The first kappa shape index (κ1) is 77.8. The van der Waals surface area contributed by atoms with Gasteiger partial charge in [-0.2, -0.15) is 0 Å². The van der Waals surface area contributed by atoms with Gasteiger partial charge in [0.2, 0.25) is 0 Å². The van der Waals surface area contributed by atoms with E-state index in [-0.39, 0.29) is 0 Å². The van der Waals surface area contributed by atoms with E-state index in [4.69, 9.17) is 0 Å². The highest BCUT2D eigenvalue weighted by Gasteiger charge is 2.08. The number of nitrogens with one attached hydrogen (secondary N) is 2. The lowest BCUT2D eigenvalue weighted by molar-refractivity contribution is 0.255. The zero-order chi connectivity index (χ0) is 56.1. The van der Waals surface area contributed by atoms with Crippen LogP contribution in [0.5, 0.6) is 0 Å². The van der Waals surface area contributed by atoms with Crippen LogP contribution >= 0.6 is 0 Å². The lowest BCUT2D eigenvalue weighted by Gasteiger charge is -2.22. The summed E-state index contributed by atoms with van der Waals surface area (Å²) in [6, 6.07) is 0. The smallest absolute Gasteiger partial charge is 0.000664 e. The highest BCUT2D eigenvalue weighted by Crippen LogP contribution is 2.18. The fraction of sp³-hybridized carbons (Fsp3) is 1.00. The topological polar surface area (TPSA) is 30.5 Å². The minimum absolute atomic E-state index is 1.19. The standard InChI is InChI=1S/C74H154N4/c1-5-9-13-17-21-25-29-33-37-41-45-49-53-59-69-77(70-60-54-50-46-42-38-34-30-26-22-18-14-10-6-2)73-63-67-75-65-57-58-66-76-68-64-74-78(71-61-55-51-47-43-39-35-31-27-23-19-15-11-7-3)72-62-56-52-48-44-40-36-32-28-24-20-16-12-8-4/h75-76H,5-74H2,1-4H3. The van der Waals surface area contributed by atoms with Gasteiger partial charge in [0.1, 0.15) is 0 Å². The summed E-state index contributed by atoms with van der Waals surface area (Å²) >= 11 is 0. The SMILES string of the molecule is CCCCCCCCCCCCCCCCN(CCCCCCCCCCCCCCCC)CCCNCCCCNCCCN(CCCCCCCCCCCCCCCC)CCCCCCCCCCCCCCCC. The summed E-state index contributed by atoms with van der Waals surface area (Å²) in [7, 11) is 0. The second kappa shape index (κ2) is 72.9.